The third-order valence-corrected chi connectivity index (χ3v) is 7.11. The highest BCUT2D eigenvalue weighted by atomic mass is 79.9. The molecule has 1 N–H and O–H groups in total. The van der Waals surface area contributed by atoms with E-state index in [0.29, 0.717) is 11.9 Å². The van der Waals surface area contributed by atoms with Crippen LogP contribution in [0.1, 0.15) is 31.0 Å². The molecule has 0 bridgehead atoms. The summed E-state index contributed by atoms with van der Waals surface area (Å²) in [6.07, 6.45) is 7.87. The first-order chi connectivity index (χ1) is 13.8. The van der Waals surface area contributed by atoms with Gasteiger partial charge >= 0.3 is 0 Å². The normalized spacial score (nSPS) is 15.4. The second-order valence-corrected chi connectivity index (χ2v) is 9.74. The van der Waals surface area contributed by atoms with Gasteiger partial charge in [-0.1, -0.05) is 0 Å². The number of aromatic nitrogens is 5. The number of hydrogen-bond acceptors (Lipinski definition) is 5. The van der Waals surface area contributed by atoms with Crippen LogP contribution >= 0.6 is 27.9 Å². The van der Waals surface area contributed by atoms with Gasteiger partial charge in [0.05, 0.1) is 29.3 Å². The molecule has 29 heavy (non-hydrogen) atoms. The molecule has 0 aliphatic heterocycles. The third-order valence-electron chi connectivity index (χ3n) is 5.44. The fourth-order valence-corrected chi connectivity index (χ4v) is 5.28. The number of benzene rings is 1. The van der Waals surface area contributed by atoms with Crippen molar-refractivity contribution in [3.63, 3.8) is 0 Å². The fraction of sp³-hybridized carbons (Fsp3) is 0.350. The van der Waals surface area contributed by atoms with Gasteiger partial charge in [0.15, 0.2) is 0 Å². The summed E-state index contributed by atoms with van der Waals surface area (Å²) >= 11 is 5.28. The van der Waals surface area contributed by atoms with Gasteiger partial charge in [-0.25, -0.2) is 4.98 Å². The molecular formula is C20H21BrN6OS. The minimum Gasteiger partial charge on any atom is -0.288 e. The standard InChI is InChI=1S/C20H21BrN6OS/c1-12-18-26(10-13-8-23-25(3)9-13)19(28)15-6-14(29-24-20(2)4-5-20)7-16(21)17(15)27(18)11-22-12/h6-9,11,24H,4-5,10H2,1-3H3. The smallest absolute Gasteiger partial charge is 0.261 e. The van der Waals surface area contributed by atoms with Gasteiger partial charge in [0.1, 0.15) is 12.0 Å². The molecule has 0 radical (unpaired) electrons. The number of nitrogens with zero attached hydrogens (tertiary/aromatic N) is 5. The van der Waals surface area contributed by atoms with E-state index in [1.54, 1.807) is 33.7 Å². The molecule has 9 heteroatoms. The van der Waals surface area contributed by atoms with Crippen LogP contribution in [0.4, 0.5) is 0 Å². The number of halogens is 1. The van der Waals surface area contributed by atoms with Crippen molar-refractivity contribution in [2.75, 3.05) is 0 Å². The molecule has 1 fully saturated rings. The van der Waals surface area contributed by atoms with Crippen LogP contribution in [0.2, 0.25) is 0 Å². The SMILES string of the molecule is Cc1ncn2c3c(Br)cc(SNC4(C)CC4)cc3c(=O)n(Cc3cnn(C)c3)c12. The van der Waals surface area contributed by atoms with E-state index in [4.69, 9.17) is 0 Å². The zero-order valence-corrected chi connectivity index (χ0v) is 18.8. The summed E-state index contributed by atoms with van der Waals surface area (Å²) in [5, 5.41) is 4.90. The average Bonchev–Trinajstić information content (AvgIpc) is 3.08. The largest absolute Gasteiger partial charge is 0.288 e. The Hall–Kier alpha value is -2.10. The van der Waals surface area contributed by atoms with Crippen molar-refractivity contribution in [1.82, 2.24) is 28.5 Å². The van der Waals surface area contributed by atoms with Crippen LogP contribution < -0.4 is 10.3 Å². The van der Waals surface area contributed by atoms with Crippen LogP contribution in [-0.4, -0.2) is 29.3 Å². The summed E-state index contributed by atoms with van der Waals surface area (Å²) in [5.74, 6) is 0. The molecule has 5 rings (SSSR count). The van der Waals surface area contributed by atoms with E-state index in [2.05, 4.69) is 43.7 Å². The second-order valence-electron chi connectivity index (χ2n) is 8.00. The van der Waals surface area contributed by atoms with Gasteiger partial charge in [-0.05, 0) is 66.7 Å². The Morgan fingerprint density at radius 2 is 2.14 bits per heavy atom. The fourth-order valence-electron chi connectivity index (χ4n) is 3.56. The molecule has 0 saturated heterocycles. The van der Waals surface area contributed by atoms with Crippen molar-refractivity contribution in [3.8, 4) is 0 Å². The number of aryl methyl sites for hydroxylation is 2. The maximum absolute atomic E-state index is 13.6. The lowest BCUT2D eigenvalue weighted by Crippen LogP contribution is -2.24. The predicted octanol–water partition coefficient (Wildman–Crippen LogP) is 3.65. The summed E-state index contributed by atoms with van der Waals surface area (Å²) in [6, 6.07) is 4.03. The Kier molecular flexibility index (Phi) is 4.38. The molecule has 0 unspecified atom stereocenters. The van der Waals surface area contributed by atoms with Crippen LogP contribution in [0.5, 0.6) is 0 Å². The van der Waals surface area contributed by atoms with E-state index in [1.807, 2.05) is 30.6 Å². The van der Waals surface area contributed by atoms with E-state index in [-0.39, 0.29) is 11.1 Å². The summed E-state index contributed by atoms with van der Waals surface area (Å²) in [4.78, 5) is 19.1. The summed E-state index contributed by atoms with van der Waals surface area (Å²) < 4.78 is 9.93. The first-order valence-electron chi connectivity index (χ1n) is 9.46. The number of rotatable bonds is 5. The Morgan fingerprint density at radius 1 is 1.34 bits per heavy atom. The lowest BCUT2D eigenvalue weighted by molar-refractivity contribution is 0.701. The van der Waals surface area contributed by atoms with Gasteiger partial charge in [-0.2, -0.15) is 5.10 Å². The molecule has 0 amide bonds. The Balaban J connectivity index is 1.70. The number of nitrogens with one attached hydrogen (secondary N) is 1. The highest BCUT2D eigenvalue weighted by Gasteiger charge is 2.37. The molecule has 3 heterocycles. The summed E-state index contributed by atoms with van der Waals surface area (Å²) in [7, 11) is 1.88. The number of fused-ring (bicyclic) bond motifs is 3. The summed E-state index contributed by atoms with van der Waals surface area (Å²) in [6.45, 7) is 4.59. The molecule has 1 saturated carbocycles. The lowest BCUT2D eigenvalue weighted by Gasteiger charge is -2.15. The van der Waals surface area contributed by atoms with E-state index < -0.39 is 0 Å². The van der Waals surface area contributed by atoms with Crippen molar-refractivity contribution in [1.29, 1.82) is 0 Å². The van der Waals surface area contributed by atoms with Crippen LogP contribution in [0.25, 0.3) is 16.6 Å². The van der Waals surface area contributed by atoms with Crippen LogP contribution in [-0.2, 0) is 13.6 Å². The van der Waals surface area contributed by atoms with Crippen LogP contribution in [0.3, 0.4) is 0 Å². The molecule has 1 aromatic carbocycles. The lowest BCUT2D eigenvalue weighted by atomic mass is 10.2. The number of imidazole rings is 1. The maximum Gasteiger partial charge on any atom is 0.261 e. The van der Waals surface area contributed by atoms with Crippen molar-refractivity contribution in [3.05, 3.63) is 56.9 Å². The molecule has 1 aliphatic carbocycles. The number of hydrogen-bond donors (Lipinski definition) is 1. The molecule has 0 atom stereocenters. The maximum atomic E-state index is 13.6. The molecule has 7 nitrogen and oxygen atoms in total. The molecule has 0 spiro atoms. The molecule has 3 aromatic heterocycles. The van der Waals surface area contributed by atoms with Gasteiger partial charge in [-0.15, -0.1) is 0 Å². The molecular weight excluding hydrogens is 452 g/mol. The average molecular weight is 473 g/mol. The zero-order valence-electron chi connectivity index (χ0n) is 16.4. The second kappa shape index (κ2) is 6.72. The first kappa shape index (κ1) is 18.9. The molecule has 4 aromatic rings. The van der Waals surface area contributed by atoms with E-state index in [9.17, 15) is 4.79 Å². The van der Waals surface area contributed by atoms with Crippen molar-refractivity contribution in [2.45, 2.75) is 43.7 Å². The zero-order chi connectivity index (χ0) is 20.3. The predicted molar refractivity (Wildman–Crippen MR) is 118 cm³/mol. The Labute approximate surface area is 180 Å². The first-order valence-corrected chi connectivity index (χ1v) is 11.1. The van der Waals surface area contributed by atoms with E-state index in [1.165, 1.54) is 12.8 Å². The van der Waals surface area contributed by atoms with Gasteiger partial charge in [0, 0.05) is 33.7 Å². The van der Waals surface area contributed by atoms with Gasteiger partial charge in [-0.3, -0.25) is 23.2 Å². The van der Waals surface area contributed by atoms with Crippen molar-refractivity contribution >= 4 is 44.4 Å². The van der Waals surface area contributed by atoms with Crippen LogP contribution in [0, 0.1) is 6.92 Å². The minimum atomic E-state index is -0.0271. The van der Waals surface area contributed by atoms with Gasteiger partial charge in [0.2, 0.25) is 0 Å². The highest BCUT2D eigenvalue weighted by molar-refractivity contribution is 9.10. The van der Waals surface area contributed by atoms with Crippen LogP contribution in [0.15, 0.2) is 45.0 Å². The van der Waals surface area contributed by atoms with Crippen molar-refractivity contribution < 1.29 is 0 Å². The van der Waals surface area contributed by atoms with E-state index in [0.717, 1.165) is 31.8 Å². The monoisotopic (exact) mass is 472 g/mol. The summed E-state index contributed by atoms with van der Waals surface area (Å²) in [5.41, 5.74) is 3.62. The molecule has 150 valence electrons. The van der Waals surface area contributed by atoms with Gasteiger partial charge < -0.3 is 0 Å². The Morgan fingerprint density at radius 3 is 2.83 bits per heavy atom. The highest BCUT2D eigenvalue weighted by Crippen LogP contribution is 2.38. The van der Waals surface area contributed by atoms with E-state index >= 15 is 0 Å². The third kappa shape index (κ3) is 3.31. The quantitative estimate of drug-likeness (QED) is 0.449. The minimum absolute atomic E-state index is 0.0271. The molecule has 1 aliphatic rings. The Bertz CT molecular complexity index is 1320. The topological polar surface area (TPSA) is 69.2 Å². The van der Waals surface area contributed by atoms with Gasteiger partial charge in [0.25, 0.3) is 5.56 Å². The van der Waals surface area contributed by atoms with Crippen molar-refractivity contribution in [2.24, 2.45) is 7.05 Å².